The Hall–Kier alpha value is -2.79. The number of aliphatic hydroxyl groups excluding tert-OH is 1. The second kappa shape index (κ2) is 11.1. The third kappa shape index (κ3) is 5.95. The largest absolute Gasteiger partial charge is 0.489 e. The van der Waals surface area contributed by atoms with Crippen molar-refractivity contribution >= 4 is 23.2 Å². The zero-order valence-corrected chi connectivity index (χ0v) is 21.2. The molecule has 1 aliphatic carbocycles. The first-order valence-electron chi connectivity index (χ1n) is 12.9. The zero-order valence-electron chi connectivity index (χ0n) is 20.4. The van der Waals surface area contributed by atoms with Crippen molar-refractivity contribution in [1.82, 2.24) is 10.2 Å². The fourth-order valence-electron chi connectivity index (χ4n) is 5.12. The lowest BCUT2D eigenvalue weighted by Crippen LogP contribution is -2.48. The van der Waals surface area contributed by atoms with Crippen LogP contribution in [0, 0.1) is 17.2 Å². The van der Waals surface area contributed by atoms with E-state index in [0.29, 0.717) is 35.0 Å². The Balaban J connectivity index is 1.25. The van der Waals surface area contributed by atoms with Crippen molar-refractivity contribution in [3.8, 4) is 11.8 Å². The Morgan fingerprint density at radius 2 is 1.89 bits per heavy atom. The third-order valence-corrected chi connectivity index (χ3v) is 7.69. The summed E-state index contributed by atoms with van der Waals surface area (Å²) >= 11 is 6.47. The van der Waals surface area contributed by atoms with E-state index in [4.69, 9.17) is 21.6 Å². The molecule has 190 valence electrons. The number of nitriles is 1. The van der Waals surface area contributed by atoms with Gasteiger partial charge < -0.3 is 25.0 Å². The lowest BCUT2D eigenvalue weighted by molar-refractivity contribution is -0.126. The van der Waals surface area contributed by atoms with E-state index in [-0.39, 0.29) is 17.9 Å². The molecule has 1 amide bonds. The summed E-state index contributed by atoms with van der Waals surface area (Å²) in [6, 6.07) is 14.6. The van der Waals surface area contributed by atoms with Gasteiger partial charge in [-0.15, -0.1) is 0 Å². The first-order chi connectivity index (χ1) is 17.5. The van der Waals surface area contributed by atoms with Crippen molar-refractivity contribution < 1.29 is 14.6 Å². The van der Waals surface area contributed by atoms with Gasteiger partial charge in [-0.2, -0.15) is 5.26 Å². The number of anilines is 1. The SMILES string of the molecule is N#Cc1ccc(N2CC[C@H](C(=O)N[C@H](CN3CCCC3)[C@H](O)c3ccc(OC4CC4)c(Cl)c3)C2)cc1. The van der Waals surface area contributed by atoms with E-state index in [2.05, 4.69) is 21.2 Å². The Labute approximate surface area is 217 Å². The number of carbonyl (C=O) groups is 1. The number of carbonyl (C=O) groups excluding carboxylic acids is 1. The van der Waals surface area contributed by atoms with Crippen LogP contribution in [0.4, 0.5) is 5.69 Å². The second-order valence-corrected chi connectivity index (χ2v) is 10.6. The highest BCUT2D eigenvalue weighted by molar-refractivity contribution is 6.32. The van der Waals surface area contributed by atoms with E-state index >= 15 is 0 Å². The quantitative estimate of drug-likeness (QED) is 0.534. The van der Waals surface area contributed by atoms with Gasteiger partial charge in [0.2, 0.25) is 5.91 Å². The third-order valence-electron chi connectivity index (χ3n) is 7.40. The van der Waals surface area contributed by atoms with Crippen LogP contribution in [0.5, 0.6) is 5.75 Å². The summed E-state index contributed by atoms with van der Waals surface area (Å²) < 4.78 is 5.84. The molecule has 7 nitrogen and oxygen atoms in total. The molecule has 3 aliphatic rings. The van der Waals surface area contributed by atoms with Gasteiger partial charge in [-0.3, -0.25) is 4.79 Å². The van der Waals surface area contributed by atoms with Crippen molar-refractivity contribution in [2.45, 2.75) is 50.4 Å². The molecule has 2 N–H and O–H groups in total. The molecule has 36 heavy (non-hydrogen) atoms. The summed E-state index contributed by atoms with van der Waals surface area (Å²) in [7, 11) is 0. The number of rotatable bonds is 9. The highest BCUT2D eigenvalue weighted by atomic mass is 35.5. The number of nitrogens with zero attached hydrogens (tertiary/aromatic N) is 3. The van der Waals surface area contributed by atoms with Gasteiger partial charge in [-0.1, -0.05) is 17.7 Å². The molecule has 1 saturated carbocycles. The normalized spacial score (nSPS) is 21.7. The zero-order chi connectivity index (χ0) is 25.1. The number of hydrogen-bond donors (Lipinski definition) is 2. The van der Waals surface area contributed by atoms with E-state index < -0.39 is 12.1 Å². The fraction of sp³-hybridized carbons (Fsp3) is 0.500. The minimum Gasteiger partial charge on any atom is -0.489 e. The number of hydrogen-bond acceptors (Lipinski definition) is 6. The maximum Gasteiger partial charge on any atom is 0.225 e. The molecule has 2 aromatic rings. The van der Waals surface area contributed by atoms with Gasteiger partial charge in [0.05, 0.1) is 34.7 Å². The first kappa shape index (κ1) is 24.9. The average Bonchev–Trinajstić information content (AvgIpc) is 3.33. The highest BCUT2D eigenvalue weighted by Crippen LogP contribution is 2.34. The summed E-state index contributed by atoms with van der Waals surface area (Å²) in [6.07, 6.45) is 4.49. The molecule has 2 saturated heterocycles. The van der Waals surface area contributed by atoms with Gasteiger partial charge in [-0.25, -0.2) is 0 Å². The molecule has 3 fully saturated rings. The van der Waals surface area contributed by atoms with Crippen LogP contribution in [0.25, 0.3) is 0 Å². The van der Waals surface area contributed by atoms with Crippen molar-refractivity contribution in [2.24, 2.45) is 5.92 Å². The van der Waals surface area contributed by atoms with Crippen LogP contribution in [-0.2, 0) is 4.79 Å². The lowest BCUT2D eigenvalue weighted by Gasteiger charge is -2.30. The van der Waals surface area contributed by atoms with Crippen molar-refractivity contribution in [1.29, 1.82) is 5.26 Å². The van der Waals surface area contributed by atoms with E-state index in [1.807, 2.05) is 24.3 Å². The Kier molecular flexibility index (Phi) is 7.66. The monoisotopic (exact) mass is 508 g/mol. The molecule has 0 spiro atoms. The molecule has 5 rings (SSSR count). The topological polar surface area (TPSA) is 88.8 Å². The lowest BCUT2D eigenvalue weighted by atomic mass is 10.00. The molecule has 0 radical (unpaired) electrons. The van der Waals surface area contributed by atoms with Crippen molar-refractivity contribution in [3.05, 3.63) is 58.6 Å². The molecule has 0 aromatic heterocycles. The standard InChI is InChI=1S/C28H33ClN4O3/c29-24-15-20(5-10-26(24)36-23-8-9-23)27(34)25(18-32-12-1-2-13-32)31-28(35)21-11-14-33(17-21)22-6-3-19(16-30)4-7-22/h3-7,10,15,21,23,25,27,34H,1-2,8-9,11-14,17-18H2,(H,31,35)/t21-,25+,27+/m0/s1. The number of likely N-dealkylation sites (tertiary alicyclic amines) is 1. The summed E-state index contributed by atoms with van der Waals surface area (Å²) in [5.41, 5.74) is 2.32. The molecular formula is C28H33ClN4O3. The summed E-state index contributed by atoms with van der Waals surface area (Å²) in [4.78, 5) is 17.8. The van der Waals surface area contributed by atoms with Crippen molar-refractivity contribution in [2.75, 3.05) is 37.6 Å². The maximum absolute atomic E-state index is 13.3. The summed E-state index contributed by atoms with van der Waals surface area (Å²) in [5, 5.41) is 24.0. The number of amides is 1. The number of ether oxygens (including phenoxy) is 1. The Bertz CT molecular complexity index is 1110. The summed E-state index contributed by atoms with van der Waals surface area (Å²) in [6.45, 7) is 3.94. The van der Waals surface area contributed by atoms with Gasteiger partial charge in [0.25, 0.3) is 0 Å². The smallest absolute Gasteiger partial charge is 0.225 e. The minimum absolute atomic E-state index is 0.0332. The first-order valence-corrected chi connectivity index (χ1v) is 13.3. The van der Waals surface area contributed by atoms with Crippen molar-refractivity contribution in [3.63, 3.8) is 0 Å². The maximum atomic E-state index is 13.3. The number of aliphatic hydroxyl groups is 1. The molecule has 3 atom stereocenters. The van der Waals surface area contributed by atoms with Crippen LogP contribution in [0.3, 0.4) is 0 Å². The van der Waals surface area contributed by atoms with Crippen LogP contribution < -0.4 is 15.0 Å². The predicted octanol–water partition coefficient (Wildman–Crippen LogP) is 3.89. The van der Waals surface area contributed by atoms with Crippen LogP contribution in [0.2, 0.25) is 5.02 Å². The minimum atomic E-state index is -0.877. The number of nitrogens with one attached hydrogen (secondary N) is 1. The van der Waals surface area contributed by atoms with E-state index in [9.17, 15) is 9.90 Å². The van der Waals surface area contributed by atoms with E-state index in [0.717, 1.165) is 57.4 Å². The number of halogens is 1. The Morgan fingerprint density at radius 1 is 1.14 bits per heavy atom. The number of benzene rings is 2. The fourth-order valence-corrected chi connectivity index (χ4v) is 5.35. The van der Waals surface area contributed by atoms with Gasteiger partial charge >= 0.3 is 0 Å². The van der Waals surface area contributed by atoms with Crippen LogP contribution >= 0.6 is 11.6 Å². The predicted molar refractivity (Wildman–Crippen MR) is 139 cm³/mol. The van der Waals surface area contributed by atoms with Crippen LogP contribution in [0.15, 0.2) is 42.5 Å². The van der Waals surface area contributed by atoms with Gasteiger partial charge in [0.15, 0.2) is 0 Å². The molecule has 0 unspecified atom stereocenters. The molecule has 2 aliphatic heterocycles. The molecule has 0 bridgehead atoms. The molecule has 2 aromatic carbocycles. The Morgan fingerprint density at radius 3 is 2.56 bits per heavy atom. The highest BCUT2D eigenvalue weighted by Gasteiger charge is 2.33. The average molecular weight is 509 g/mol. The van der Waals surface area contributed by atoms with E-state index in [1.165, 1.54) is 0 Å². The van der Waals surface area contributed by atoms with Crippen LogP contribution in [0.1, 0.15) is 49.3 Å². The molecule has 2 heterocycles. The van der Waals surface area contributed by atoms with Gasteiger partial charge in [-0.05, 0) is 87.2 Å². The van der Waals surface area contributed by atoms with Gasteiger partial charge in [0.1, 0.15) is 11.9 Å². The molecule has 8 heteroatoms. The van der Waals surface area contributed by atoms with Gasteiger partial charge in [0, 0.05) is 25.3 Å². The van der Waals surface area contributed by atoms with E-state index in [1.54, 1.807) is 18.2 Å². The molecular weight excluding hydrogens is 476 g/mol. The summed E-state index contributed by atoms with van der Waals surface area (Å²) in [5.74, 6) is 0.449. The van der Waals surface area contributed by atoms with Crippen LogP contribution in [-0.4, -0.2) is 60.8 Å². The second-order valence-electron chi connectivity index (χ2n) is 10.2.